The summed E-state index contributed by atoms with van der Waals surface area (Å²) in [5, 5.41) is 25.7. The Morgan fingerprint density at radius 2 is 1.40 bits per heavy atom. The summed E-state index contributed by atoms with van der Waals surface area (Å²) in [5.41, 5.74) is 1.84. The number of phenolic OH excluding ortho intramolecular Hbond substituents is 2. The van der Waals surface area contributed by atoms with Crippen LogP contribution in [0.15, 0.2) is 113 Å². The van der Waals surface area contributed by atoms with E-state index in [1.165, 1.54) is 36.4 Å². The van der Waals surface area contributed by atoms with Crippen LogP contribution < -0.4 is 5.32 Å². The zero-order chi connectivity index (χ0) is 28.7. The molecule has 5 aromatic carbocycles. The number of phenols is 2. The molecule has 1 amide bonds. The number of carbonyl (C=O) groups is 1. The molecule has 7 heteroatoms. The number of sulfone groups is 1. The van der Waals surface area contributed by atoms with Crippen molar-refractivity contribution in [3.8, 4) is 22.6 Å². The maximum absolute atomic E-state index is 13.4. The van der Waals surface area contributed by atoms with E-state index in [1.54, 1.807) is 12.1 Å². The van der Waals surface area contributed by atoms with Crippen LogP contribution in [0.25, 0.3) is 21.9 Å². The predicted molar refractivity (Wildman–Crippen MR) is 158 cm³/mol. The van der Waals surface area contributed by atoms with Crippen LogP contribution in [0.3, 0.4) is 0 Å². The molecule has 0 heterocycles. The smallest absolute Gasteiger partial charge is 0.255 e. The summed E-state index contributed by atoms with van der Waals surface area (Å²) in [6, 6.07) is 29.0. The van der Waals surface area contributed by atoms with Gasteiger partial charge in [-0.1, -0.05) is 75.4 Å². The van der Waals surface area contributed by atoms with E-state index in [-0.39, 0.29) is 26.5 Å². The molecule has 3 N–H and O–H groups in total. The van der Waals surface area contributed by atoms with Gasteiger partial charge in [0.1, 0.15) is 0 Å². The lowest BCUT2D eigenvalue weighted by Crippen LogP contribution is -2.17. The minimum absolute atomic E-state index is 0.114. The maximum atomic E-state index is 13.4. The SMILES string of the molecule is CC(C)(C)c1ccccc1S(=O)(=O)c1ccc(NC(=O)c2cc(O)c(O)c(-c3ccc4ccccc4c3)c2)cc1. The van der Waals surface area contributed by atoms with Gasteiger partial charge in [0.05, 0.1) is 9.79 Å². The first-order valence-electron chi connectivity index (χ1n) is 12.8. The molecule has 0 aliphatic carbocycles. The molecule has 0 unspecified atom stereocenters. The highest BCUT2D eigenvalue weighted by Crippen LogP contribution is 2.39. The number of hydrogen-bond donors (Lipinski definition) is 3. The van der Waals surface area contributed by atoms with Gasteiger partial charge in [-0.15, -0.1) is 0 Å². The van der Waals surface area contributed by atoms with Gasteiger partial charge in [0, 0.05) is 16.8 Å². The molecule has 0 fully saturated rings. The van der Waals surface area contributed by atoms with Crippen molar-refractivity contribution >= 4 is 32.2 Å². The van der Waals surface area contributed by atoms with Gasteiger partial charge >= 0.3 is 0 Å². The lowest BCUT2D eigenvalue weighted by Gasteiger charge is -2.22. The third-order valence-corrected chi connectivity index (χ3v) is 8.65. The molecular weight excluding hydrogens is 522 g/mol. The largest absolute Gasteiger partial charge is 0.504 e. The zero-order valence-electron chi connectivity index (χ0n) is 22.3. The summed E-state index contributed by atoms with van der Waals surface area (Å²) in [7, 11) is -3.79. The number of anilines is 1. The van der Waals surface area contributed by atoms with Gasteiger partial charge in [-0.05, 0) is 75.8 Å². The Kier molecular flexibility index (Phi) is 6.85. The van der Waals surface area contributed by atoms with Crippen LogP contribution in [0.4, 0.5) is 5.69 Å². The van der Waals surface area contributed by atoms with Crippen LogP contribution in [0.2, 0.25) is 0 Å². The van der Waals surface area contributed by atoms with Crippen molar-refractivity contribution in [2.75, 3.05) is 5.32 Å². The molecule has 0 bridgehead atoms. The van der Waals surface area contributed by atoms with Crippen molar-refractivity contribution in [3.05, 3.63) is 114 Å². The summed E-state index contributed by atoms with van der Waals surface area (Å²) in [6.45, 7) is 5.89. The molecule has 0 atom stereocenters. The van der Waals surface area contributed by atoms with E-state index in [1.807, 2.05) is 75.4 Å². The van der Waals surface area contributed by atoms with E-state index < -0.39 is 21.5 Å². The van der Waals surface area contributed by atoms with Crippen molar-refractivity contribution < 1.29 is 23.4 Å². The van der Waals surface area contributed by atoms with Crippen LogP contribution in [0.1, 0.15) is 36.7 Å². The first kappa shape index (κ1) is 27.0. The quantitative estimate of drug-likeness (QED) is 0.199. The third-order valence-electron chi connectivity index (χ3n) is 6.82. The van der Waals surface area contributed by atoms with Gasteiger partial charge in [-0.3, -0.25) is 4.79 Å². The topological polar surface area (TPSA) is 104 Å². The zero-order valence-corrected chi connectivity index (χ0v) is 23.2. The van der Waals surface area contributed by atoms with Crippen molar-refractivity contribution in [1.82, 2.24) is 0 Å². The normalized spacial score (nSPS) is 11.9. The van der Waals surface area contributed by atoms with E-state index >= 15 is 0 Å². The first-order valence-corrected chi connectivity index (χ1v) is 14.2. The highest BCUT2D eigenvalue weighted by molar-refractivity contribution is 7.91. The van der Waals surface area contributed by atoms with E-state index in [0.717, 1.165) is 16.3 Å². The Morgan fingerprint density at radius 1 is 0.750 bits per heavy atom. The molecule has 5 rings (SSSR count). The van der Waals surface area contributed by atoms with Crippen molar-refractivity contribution in [2.45, 2.75) is 36.0 Å². The van der Waals surface area contributed by atoms with Crippen LogP contribution in [-0.4, -0.2) is 24.5 Å². The number of fused-ring (bicyclic) bond motifs is 1. The Hall–Kier alpha value is -4.62. The lowest BCUT2D eigenvalue weighted by molar-refractivity contribution is 0.102. The molecule has 5 aromatic rings. The fourth-order valence-electron chi connectivity index (χ4n) is 4.70. The van der Waals surface area contributed by atoms with Gasteiger partial charge in [0.25, 0.3) is 5.91 Å². The van der Waals surface area contributed by atoms with Gasteiger partial charge in [-0.2, -0.15) is 0 Å². The molecule has 0 aromatic heterocycles. The highest BCUT2D eigenvalue weighted by atomic mass is 32.2. The third kappa shape index (κ3) is 5.16. The van der Waals surface area contributed by atoms with Crippen molar-refractivity contribution in [3.63, 3.8) is 0 Å². The van der Waals surface area contributed by atoms with Crippen molar-refractivity contribution in [1.29, 1.82) is 0 Å². The molecule has 0 radical (unpaired) electrons. The van der Waals surface area contributed by atoms with Crippen LogP contribution in [0, 0.1) is 0 Å². The van der Waals surface area contributed by atoms with Gasteiger partial charge < -0.3 is 15.5 Å². The number of carbonyl (C=O) groups excluding carboxylic acids is 1. The van der Waals surface area contributed by atoms with E-state index in [4.69, 9.17) is 0 Å². The Labute approximate surface area is 233 Å². The van der Waals surface area contributed by atoms with Gasteiger partial charge in [0.2, 0.25) is 9.84 Å². The summed E-state index contributed by atoms with van der Waals surface area (Å²) in [4.78, 5) is 13.5. The maximum Gasteiger partial charge on any atom is 0.255 e. The molecule has 40 heavy (non-hydrogen) atoms. The van der Waals surface area contributed by atoms with Crippen LogP contribution in [-0.2, 0) is 15.3 Å². The highest BCUT2D eigenvalue weighted by Gasteiger charge is 2.27. The van der Waals surface area contributed by atoms with Crippen LogP contribution in [0.5, 0.6) is 11.5 Å². The summed E-state index contributed by atoms with van der Waals surface area (Å²) < 4.78 is 26.9. The molecule has 0 saturated heterocycles. The summed E-state index contributed by atoms with van der Waals surface area (Å²) >= 11 is 0. The Bertz CT molecular complexity index is 1850. The molecule has 0 aliphatic heterocycles. The molecule has 0 saturated carbocycles. The minimum Gasteiger partial charge on any atom is -0.504 e. The van der Waals surface area contributed by atoms with Crippen LogP contribution >= 0.6 is 0 Å². The number of amides is 1. The second-order valence-corrected chi connectivity index (χ2v) is 12.6. The summed E-state index contributed by atoms with van der Waals surface area (Å²) in [6.07, 6.45) is 0. The molecule has 0 spiro atoms. The van der Waals surface area contributed by atoms with E-state index in [9.17, 15) is 23.4 Å². The standard InChI is InChI=1S/C33H29NO5S/c1-33(2,3)28-10-6-7-11-30(28)40(38,39)26-16-14-25(15-17-26)34-32(37)24-19-27(31(36)29(35)20-24)23-13-12-21-8-4-5-9-22(21)18-23/h4-20,35-36H,1-3H3,(H,34,37). The number of aromatic hydroxyl groups is 2. The second-order valence-electron chi connectivity index (χ2n) is 10.7. The second kappa shape index (κ2) is 10.2. The number of nitrogens with one attached hydrogen (secondary N) is 1. The average molecular weight is 552 g/mol. The van der Waals surface area contributed by atoms with E-state index in [2.05, 4.69) is 5.32 Å². The molecule has 6 nitrogen and oxygen atoms in total. The number of hydrogen-bond acceptors (Lipinski definition) is 5. The Morgan fingerprint density at radius 3 is 2.10 bits per heavy atom. The Balaban J connectivity index is 1.42. The monoisotopic (exact) mass is 551 g/mol. The minimum atomic E-state index is -3.79. The molecular formula is C33H29NO5S. The fraction of sp³-hybridized carbons (Fsp3) is 0.121. The number of benzene rings is 5. The summed E-state index contributed by atoms with van der Waals surface area (Å²) in [5.74, 6) is -1.27. The lowest BCUT2D eigenvalue weighted by atomic mass is 9.87. The van der Waals surface area contributed by atoms with Gasteiger partial charge in [0.15, 0.2) is 11.5 Å². The predicted octanol–water partition coefficient (Wildman–Crippen LogP) is 7.30. The fourth-order valence-corrected chi connectivity index (χ4v) is 6.37. The number of rotatable bonds is 5. The first-order chi connectivity index (χ1) is 18.9. The molecule has 202 valence electrons. The molecule has 0 aliphatic rings. The van der Waals surface area contributed by atoms with Gasteiger partial charge in [-0.25, -0.2) is 8.42 Å². The average Bonchev–Trinajstić information content (AvgIpc) is 2.94. The van der Waals surface area contributed by atoms with Crippen molar-refractivity contribution in [2.24, 2.45) is 0 Å². The van der Waals surface area contributed by atoms with E-state index in [0.29, 0.717) is 16.8 Å².